The van der Waals surface area contributed by atoms with E-state index < -0.39 is 34.6 Å². The van der Waals surface area contributed by atoms with Crippen molar-refractivity contribution in [1.29, 1.82) is 5.26 Å². The van der Waals surface area contributed by atoms with Gasteiger partial charge in [0.1, 0.15) is 29.1 Å². The first-order valence-corrected chi connectivity index (χ1v) is 7.85. The summed E-state index contributed by atoms with van der Waals surface area (Å²) < 4.78 is 61.2. The highest BCUT2D eigenvalue weighted by Gasteiger charge is 2.44. The summed E-state index contributed by atoms with van der Waals surface area (Å²) in [4.78, 5) is 15.7. The Bertz CT molecular complexity index is 1090. The number of nitrogens with zero attached hydrogens (tertiary/aromatic N) is 2. The number of halogens is 4. The Hall–Kier alpha value is -3.73. The van der Waals surface area contributed by atoms with Crippen LogP contribution in [0.2, 0.25) is 0 Å². The van der Waals surface area contributed by atoms with Crippen molar-refractivity contribution >= 4 is 5.78 Å². The lowest BCUT2D eigenvalue weighted by Gasteiger charge is -2.16. The lowest BCUT2D eigenvalue weighted by atomic mass is 10.0. The Kier molecular flexibility index (Phi) is 5.09. The molecule has 28 heavy (non-hydrogen) atoms. The summed E-state index contributed by atoms with van der Waals surface area (Å²) in [5.74, 6) is -8.65. The van der Waals surface area contributed by atoms with E-state index in [1.54, 1.807) is 12.1 Å². The van der Waals surface area contributed by atoms with Crippen molar-refractivity contribution in [2.24, 2.45) is 0 Å². The van der Waals surface area contributed by atoms with Gasteiger partial charge in [-0.3, -0.25) is 4.79 Å². The van der Waals surface area contributed by atoms with Crippen LogP contribution in [0.4, 0.5) is 17.6 Å². The van der Waals surface area contributed by atoms with Gasteiger partial charge in [-0.05, 0) is 30.3 Å². The highest BCUT2D eigenvalue weighted by Crippen LogP contribution is 2.33. The molecule has 3 rings (SSSR count). The minimum absolute atomic E-state index is 0.0915. The van der Waals surface area contributed by atoms with Crippen LogP contribution in [0.5, 0.6) is 11.6 Å². The SMILES string of the molecule is N#Cc1ccccc1Oc1cccc(C(F)(F)C(=O)c2ccc(F)cc2F)n1. The number of para-hydroxylation sites is 1. The number of aromatic nitrogens is 1. The van der Waals surface area contributed by atoms with Crippen LogP contribution in [0.1, 0.15) is 21.6 Å². The lowest BCUT2D eigenvalue weighted by Crippen LogP contribution is -2.28. The number of ether oxygens (including phenoxy) is 1. The van der Waals surface area contributed by atoms with Gasteiger partial charge in [-0.25, -0.2) is 13.8 Å². The number of benzene rings is 2. The maximum atomic E-state index is 14.6. The zero-order valence-corrected chi connectivity index (χ0v) is 14.0. The van der Waals surface area contributed by atoms with Gasteiger partial charge in [0.25, 0.3) is 0 Å². The van der Waals surface area contributed by atoms with Gasteiger partial charge in [-0.2, -0.15) is 14.0 Å². The number of rotatable bonds is 5. The predicted octanol–water partition coefficient (Wildman–Crippen LogP) is 5.00. The molecule has 4 nitrogen and oxygen atoms in total. The molecule has 8 heteroatoms. The first-order chi connectivity index (χ1) is 13.3. The number of pyridine rings is 1. The second-order valence-corrected chi connectivity index (χ2v) is 5.60. The van der Waals surface area contributed by atoms with E-state index in [-0.39, 0.29) is 17.2 Å². The van der Waals surface area contributed by atoms with Crippen molar-refractivity contribution in [1.82, 2.24) is 4.98 Å². The molecule has 0 saturated carbocycles. The average Bonchev–Trinajstić information content (AvgIpc) is 2.68. The molecule has 0 aliphatic heterocycles. The third kappa shape index (κ3) is 3.69. The minimum atomic E-state index is -4.19. The van der Waals surface area contributed by atoms with Gasteiger partial charge in [0.15, 0.2) is 0 Å². The molecule has 0 bridgehead atoms. The maximum absolute atomic E-state index is 14.6. The van der Waals surface area contributed by atoms with E-state index in [1.807, 2.05) is 6.07 Å². The fraction of sp³-hybridized carbons (Fsp3) is 0.0500. The normalized spacial score (nSPS) is 11.0. The lowest BCUT2D eigenvalue weighted by molar-refractivity contribution is 0.00403. The highest BCUT2D eigenvalue weighted by atomic mass is 19.3. The monoisotopic (exact) mass is 386 g/mol. The Balaban J connectivity index is 1.94. The fourth-order valence-electron chi connectivity index (χ4n) is 2.37. The van der Waals surface area contributed by atoms with Crippen LogP contribution in [-0.4, -0.2) is 10.8 Å². The van der Waals surface area contributed by atoms with Crippen LogP contribution in [0.15, 0.2) is 60.7 Å². The molecular weight excluding hydrogens is 376 g/mol. The van der Waals surface area contributed by atoms with Gasteiger partial charge in [-0.15, -0.1) is 0 Å². The van der Waals surface area contributed by atoms with E-state index in [2.05, 4.69) is 4.98 Å². The molecule has 0 atom stereocenters. The smallest absolute Gasteiger partial charge is 0.351 e. The van der Waals surface area contributed by atoms with Crippen LogP contribution in [-0.2, 0) is 5.92 Å². The van der Waals surface area contributed by atoms with Crippen LogP contribution >= 0.6 is 0 Å². The maximum Gasteiger partial charge on any atom is 0.351 e. The van der Waals surface area contributed by atoms with E-state index in [0.717, 1.165) is 6.07 Å². The fourth-order valence-corrected chi connectivity index (χ4v) is 2.37. The van der Waals surface area contributed by atoms with Crippen LogP contribution < -0.4 is 4.74 Å². The summed E-state index contributed by atoms with van der Waals surface area (Å²) >= 11 is 0. The summed E-state index contributed by atoms with van der Waals surface area (Å²) in [6, 6.07) is 13.0. The van der Waals surface area contributed by atoms with Crippen LogP contribution in [0.25, 0.3) is 0 Å². The van der Waals surface area contributed by atoms with Crippen LogP contribution in [0.3, 0.4) is 0 Å². The molecule has 0 radical (unpaired) electrons. The molecule has 1 aromatic heterocycles. The van der Waals surface area contributed by atoms with Crippen molar-refractivity contribution in [3.8, 4) is 17.7 Å². The van der Waals surface area contributed by atoms with Crippen LogP contribution in [0, 0.1) is 23.0 Å². The largest absolute Gasteiger partial charge is 0.438 e. The third-order valence-electron chi connectivity index (χ3n) is 3.73. The molecule has 0 aliphatic rings. The molecule has 3 aromatic rings. The number of ketones is 1. The van der Waals surface area contributed by atoms with E-state index in [4.69, 9.17) is 10.00 Å². The standard InChI is InChI=1S/C20H10F4N2O2/c21-13-8-9-14(15(22)10-13)19(27)20(23,24)17-6-3-7-18(26-17)28-16-5-2-1-4-12(16)11-25/h1-10H. The van der Waals surface area contributed by atoms with Gasteiger partial charge in [0.2, 0.25) is 11.7 Å². The van der Waals surface area contributed by atoms with Gasteiger partial charge >= 0.3 is 5.92 Å². The summed E-state index contributed by atoms with van der Waals surface area (Å²) in [6.45, 7) is 0. The number of carbonyl (C=O) groups excluding carboxylic acids is 1. The zero-order chi connectivity index (χ0) is 20.3. The summed E-state index contributed by atoms with van der Waals surface area (Å²) in [5, 5.41) is 9.05. The van der Waals surface area contributed by atoms with E-state index in [0.29, 0.717) is 18.2 Å². The number of nitriles is 1. The van der Waals surface area contributed by atoms with Crippen molar-refractivity contribution in [2.45, 2.75) is 5.92 Å². The number of hydrogen-bond donors (Lipinski definition) is 0. The highest BCUT2D eigenvalue weighted by molar-refractivity contribution is 6.01. The van der Waals surface area contributed by atoms with Crippen molar-refractivity contribution < 1.29 is 27.1 Å². The van der Waals surface area contributed by atoms with Gasteiger partial charge in [0.05, 0.1) is 11.1 Å². The van der Waals surface area contributed by atoms with Gasteiger partial charge < -0.3 is 4.74 Å². The van der Waals surface area contributed by atoms with E-state index >= 15 is 0 Å². The second-order valence-electron chi connectivity index (χ2n) is 5.60. The molecule has 0 spiro atoms. The first-order valence-electron chi connectivity index (χ1n) is 7.85. The molecule has 0 unspecified atom stereocenters. The molecule has 0 amide bonds. The summed E-state index contributed by atoms with van der Waals surface area (Å²) in [6.07, 6.45) is 0. The second kappa shape index (κ2) is 7.48. The quantitative estimate of drug-likeness (QED) is 0.457. The molecule has 0 saturated heterocycles. The number of carbonyl (C=O) groups is 1. The molecule has 2 aromatic carbocycles. The molecule has 0 aliphatic carbocycles. The number of alkyl halides is 2. The Morgan fingerprint density at radius 3 is 2.50 bits per heavy atom. The van der Waals surface area contributed by atoms with Crippen molar-refractivity contribution in [3.63, 3.8) is 0 Å². The number of hydrogen-bond acceptors (Lipinski definition) is 4. The van der Waals surface area contributed by atoms with Gasteiger partial charge in [-0.1, -0.05) is 18.2 Å². The molecular formula is C20H10F4N2O2. The summed E-state index contributed by atoms with van der Waals surface area (Å²) in [5.41, 5.74) is -1.78. The summed E-state index contributed by atoms with van der Waals surface area (Å²) in [7, 11) is 0. The third-order valence-corrected chi connectivity index (χ3v) is 3.73. The van der Waals surface area contributed by atoms with Crippen molar-refractivity contribution in [2.75, 3.05) is 0 Å². The predicted molar refractivity (Wildman–Crippen MR) is 90.1 cm³/mol. The topological polar surface area (TPSA) is 63.0 Å². The Morgan fingerprint density at radius 1 is 1.04 bits per heavy atom. The Morgan fingerprint density at radius 2 is 1.79 bits per heavy atom. The molecule has 0 fully saturated rings. The zero-order valence-electron chi connectivity index (χ0n) is 14.0. The molecule has 1 heterocycles. The first kappa shape index (κ1) is 19.0. The molecule has 0 N–H and O–H groups in total. The average molecular weight is 386 g/mol. The van der Waals surface area contributed by atoms with Crippen molar-refractivity contribution in [3.05, 3.63) is 89.1 Å². The molecule has 140 valence electrons. The number of Topliss-reactive ketones (excluding diaryl/α,β-unsaturated/α-hetero) is 1. The van der Waals surface area contributed by atoms with Gasteiger partial charge in [0, 0.05) is 12.1 Å². The van der Waals surface area contributed by atoms with E-state index in [1.165, 1.54) is 24.3 Å². The minimum Gasteiger partial charge on any atom is -0.438 e. The van der Waals surface area contributed by atoms with E-state index in [9.17, 15) is 22.4 Å². The Labute approximate surface area is 156 Å².